The van der Waals surface area contributed by atoms with E-state index in [4.69, 9.17) is 11.6 Å². The van der Waals surface area contributed by atoms with Crippen molar-refractivity contribution in [3.05, 3.63) is 31.6 Å². The lowest BCUT2D eigenvalue weighted by molar-refractivity contribution is 0.486. The van der Waals surface area contributed by atoms with Gasteiger partial charge in [-0.25, -0.2) is 4.79 Å². The Morgan fingerprint density at radius 2 is 2.00 bits per heavy atom. The average molecular weight is 231 g/mol. The molecule has 1 heterocycles. The van der Waals surface area contributed by atoms with Crippen LogP contribution in [0.2, 0.25) is 5.15 Å². The molecule has 0 radical (unpaired) electrons. The van der Waals surface area contributed by atoms with E-state index >= 15 is 0 Å². The van der Waals surface area contributed by atoms with Crippen molar-refractivity contribution in [2.75, 3.05) is 0 Å². The van der Waals surface area contributed by atoms with Crippen LogP contribution in [0, 0.1) is 0 Å². The molecule has 1 aromatic rings. The van der Waals surface area contributed by atoms with Crippen LogP contribution < -0.4 is 11.2 Å². The van der Waals surface area contributed by atoms with Crippen LogP contribution in [0.4, 0.5) is 0 Å². The van der Waals surface area contributed by atoms with Crippen molar-refractivity contribution in [1.29, 1.82) is 0 Å². The first-order valence-electron chi connectivity index (χ1n) is 5.06. The van der Waals surface area contributed by atoms with E-state index in [1.807, 2.05) is 20.8 Å². The summed E-state index contributed by atoms with van der Waals surface area (Å²) in [6, 6.07) is -0.108. The highest BCUT2D eigenvalue weighted by atomic mass is 35.5. The van der Waals surface area contributed by atoms with E-state index in [1.54, 1.807) is 0 Å². The van der Waals surface area contributed by atoms with E-state index in [9.17, 15) is 9.59 Å². The predicted octanol–water partition coefficient (Wildman–Crippen LogP) is 1.72. The number of hydrogen-bond acceptors (Lipinski definition) is 2. The van der Waals surface area contributed by atoms with Crippen molar-refractivity contribution >= 4 is 11.6 Å². The standard InChI is InChI=1S/C10H15ClN2O2/c1-4-6(3)13-9(14)7(5-2)8(11)12-10(13)15/h6H,4-5H2,1-3H3,(H,12,15). The van der Waals surface area contributed by atoms with Crippen molar-refractivity contribution in [2.24, 2.45) is 0 Å². The number of aromatic nitrogens is 2. The molecule has 0 spiro atoms. The topological polar surface area (TPSA) is 54.9 Å². The highest BCUT2D eigenvalue weighted by Crippen LogP contribution is 2.09. The van der Waals surface area contributed by atoms with Gasteiger partial charge in [0.25, 0.3) is 5.56 Å². The fourth-order valence-corrected chi connectivity index (χ4v) is 1.75. The molecule has 84 valence electrons. The van der Waals surface area contributed by atoms with Crippen LogP contribution in [0.25, 0.3) is 0 Å². The van der Waals surface area contributed by atoms with Crippen molar-refractivity contribution in [1.82, 2.24) is 9.55 Å². The first-order chi connectivity index (χ1) is 7.02. The Morgan fingerprint density at radius 3 is 2.47 bits per heavy atom. The Morgan fingerprint density at radius 1 is 1.40 bits per heavy atom. The molecule has 15 heavy (non-hydrogen) atoms. The molecule has 0 saturated carbocycles. The number of H-pyrrole nitrogens is 1. The number of rotatable bonds is 3. The third-order valence-electron chi connectivity index (χ3n) is 2.56. The molecule has 0 fully saturated rings. The van der Waals surface area contributed by atoms with Gasteiger partial charge >= 0.3 is 5.69 Å². The Balaban J connectivity index is 3.53. The summed E-state index contributed by atoms with van der Waals surface area (Å²) in [5.41, 5.74) is -0.242. The Hall–Kier alpha value is -1.03. The highest BCUT2D eigenvalue weighted by Gasteiger charge is 2.14. The van der Waals surface area contributed by atoms with Gasteiger partial charge in [0.05, 0.1) is 5.56 Å². The predicted molar refractivity (Wildman–Crippen MR) is 60.7 cm³/mol. The first kappa shape index (κ1) is 12.0. The summed E-state index contributed by atoms with van der Waals surface area (Å²) in [6.07, 6.45) is 1.25. The van der Waals surface area contributed by atoms with Crippen molar-refractivity contribution in [3.8, 4) is 0 Å². The maximum Gasteiger partial charge on any atom is 0.329 e. The SMILES string of the molecule is CCc1c(Cl)[nH]c(=O)n(C(C)CC)c1=O. The van der Waals surface area contributed by atoms with Gasteiger partial charge in [-0.1, -0.05) is 25.4 Å². The van der Waals surface area contributed by atoms with E-state index in [2.05, 4.69) is 4.98 Å². The van der Waals surface area contributed by atoms with Gasteiger partial charge in [-0.05, 0) is 19.8 Å². The van der Waals surface area contributed by atoms with Crippen LogP contribution >= 0.6 is 11.6 Å². The number of hydrogen-bond donors (Lipinski definition) is 1. The summed E-state index contributed by atoms with van der Waals surface area (Å²) in [7, 11) is 0. The molecule has 1 N–H and O–H groups in total. The molecule has 5 heteroatoms. The lowest BCUT2D eigenvalue weighted by Gasteiger charge is -2.13. The molecule has 0 aliphatic rings. The minimum absolute atomic E-state index is 0.108. The molecule has 1 rings (SSSR count). The Labute approximate surface area is 92.9 Å². The normalized spacial score (nSPS) is 12.8. The lowest BCUT2D eigenvalue weighted by Crippen LogP contribution is -2.39. The van der Waals surface area contributed by atoms with E-state index in [0.29, 0.717) is 12.0 Å². The average Bonchev–Trinajstić information content (AvgIpc) is 2.17. The molecule has 0 aliphatic heterocycles. The van der Waals surface area contributed by atoms with Crippen LogP contribution in [0.1, 0.15) is 38.8 Å². The molecule has 1 atom stereocenters. The molecule has 0 bridgehead atoms. The molecule has 0 aromatic carbocycles. The van der Waals surface area contributed by atoms with Crippen LogP contribution in [-0.2, 0) is 6.42 Å². The fourth-order valence-electron chi connectivity index (χ4n) is 1.45. The van der Waals surface area contributed by atoms with Gasteiger partial charge in [0.1, 0.15) is 5.15 Å². The third kappa shape index (κ3) is 2.15. The maximum absolute atomic E-state index is 11.9. The van der Waals surface area contributed by atoms with Gasteiger partial charge in [-0.2, -0.15) is 0 Å². The number of aromatic amines is 1. The summed E-state index contributed by atoms with van der Waals surface area (Å²) in [5, 5.41) is 0.159. The third-order valence-corrected chi connectivity index (χ3v) is 2.89. The second-order valence-corrected chi connectivity index (χ2v) is 3.89. The quantitative estimate of drug-likeness (QED) is 0.804. The van der Waals surface area contributed by atoms with Gasteiger partial charge in [0.15, 0.2) is 0 Å². The Bertz CT molecular complexity index is 461. The van der Waals surface area contributed by atoms with Gasteiger partial charge in [0, 0.05) is 6.04 Å². The lowest BCUT2D eigenvalue weighted by atomic mass is 10.2. The van der Waals surface area contributed by atoms with Crippen molar-refractivity contribution in [3.63, 3.8) is 0 Å². The zero-order chi connectivity index (χ0) is 11.6. The molecular formula is C10H15ClN2O2. The summed E-state index contributed by atoms with van der Waals surface area (Å²) in [4.78, 5) is 25.9. The smallest absolute Gasteiger partial charge is 0.297 e. The summed E-state index contributed by atoms with van der Waals surface area (Å²) in [5.74, 6) is 0. The number of nitrogens with zero attached hydrogens (tertiary/aromatic N) is 1. The van der Waals surface area contributed by atoms with Gasteiger partial charge in [-0.3, -0.25) is 14.3 Å². The van der Waals surface area contributed by atoms with E-state index in [1.165, 1.54) is 4.57 Å². The monoisotopic (exact) mass is 230 g/mol. The van der Waals surface area contributed by atoms with E-state index in [-0.39, 0.29) is 16.8 Å². The van der Waals surface area contributed by atoms with Crippen molar-refractivity contribution in [2.45, 2.75) is 39.7 Å². The summed E-state index contributed by atoms with van der Waals surface area (Å²) < 4.78 is 1.23. The minimum Gasteiger partial charge on any atom is -0.297 e. The Kier molecular flexibility index (Phi) is 3.74. The fraction of sp³-hybridized carbons (Fsp3) is 0.600. The second-order valence-electron chi connectivity index (χ2n) is 3.51. The minimum atomic E-state index is -0.434. The van der Waals surface area contributed by atoms with Gasteiger partial charge in [0.2, 0.25) is 0 Å². The van der Waals surface area contributed by atoms with Crippen LogP contribution in [0.5, 0.6) is 0 Å². The van der Waals surface area contributed by atoms with E-state index < -0.39 is 5.69 Å². The molecular weight excluding hydrogens is 216 g/mol. The molecule has 4 nitrogen and oxygen atoms in total. The van der Waals surface area contributed by atoms with Gasteiger partial charge < -0.3 is 0 Å². The zero-order valence-corrected chi connectivity index (χ0v) is 9.89. The van der Waals surface area contributed by atoms with Crippen LogP contribution in [0.15, 0.2) is 9.59 Å². The largest absolute Gasteiger partial charge is 0.329 e. The van der Waals surface area contributed by atoms with Crippen LogP contribution in [0.3, 0.4) is 0 Å². The number of halogens is 1. The number of nitrogens with one attached hydrogen (secondary N) is 1. The molecule has 1 unspecified atom stereocenters. The molecule has 0 aliphatic carbocycles. The van der Waals surface area contributed by atoms with Gasteiger partial charge in [-0.15, -0.1) is 0 Å². The maximum atomic E-state index is 11.9. The molecule has 0 saturated heterocycles. The van der Waals surface area contributed by atoms with Crippen LogP contribution in [-0.4, -0.2) is 9.55 Å². The summed E-state index contributed by atoms with van der Waals surface area (Å²) >= 11 is 5.79. The second kappa shape index (κ2) is 4.66. The first-order valence-corrected chi connectivity index (χ1v) is 5.43. The summed E-state index contributed by atoms with van der Waals surface area (Å²) in [6.45, 7) is 5.60. The highest BCUT2D eigenvalue weighted by molar-refractivity contribution is 6.30. The van der Waals surface area contributed by atoms with Crippen molar-refractivity contribution < 1.29 is 0 Å². The zero-order valence-electron chi connectivity index (χ0n) is 9.13. The molecule has 0 amide bonds. The molecule has 1 aromatic heterocycles. The van der Waals surface area contributed by atoms with E-state index in [0.717, 1.165) is 6.42 Å².